The van der Waals surface area contributed by atoms with Gasteiger partial charge in [-0.1, -0.05) is 36.4 Å². The molecule has 1 aromatic carbocycles. The number of aryl methyl sites for hydroxylation is 2. The Hall–Kier alpha value is -1.55. The van der Waals surface area contributed by atoms with Crippen molar-refractivity contribution >= 4 is 17.6 Å². The Balaban J connectivity index is 2.23. The fourth-order valence-corrected chi connectivity index (χ4v) is 2.27. The Bertz CT molecular complexity index is 509. The second-order valence-electron chi connectivity index (χ2n) is 3.82. The van der Waals surface area contributed by atoms with Crippen molar-refractivity contribution in [2.75, 3.05) is 5.73 Å². The van der Waals surface area contributed by atoms with Gasteiger partial charge in [0.2, 0.25) is 0 Å². The summed E-state index contributed by atoms with van der Waals surface area (Å²) >= 11 is 1.61. The number of nitrogen functional groups attached to an aromatic ring is 1. The third kappa shape index (κ3) is 3.20. The number of hydrogen-bond acceptors (Lipinski definition) is 4. The molecule has 0 atom stereocenters. The highest BCUT2D eigenvalue weighted by Crippen LogP contribution is 2.27. The fourth-order valence-electron chi connectivity index (χ4n) is 1.43. The van der Waals surface area contributed by atoms with Crippen molar-refractivity contribution in [1.82, 2.24) is 9.97 Å². The average molecular weight is 245 g/mol. The molecule has 0 amide bonds. The van der Waals surface area contributed by atoms with Gasteiger partial charge in [-0.25, -0.2) is 9.97 Å². The summed E-state index contributed by atoms with van der Waals surface area (Å²) in [5.74, 6) is 1.33. The molecule has 0 unspecified atom stereocenters. The number of nitrogens with zero attached hydrogens (tertiary/aromatic N) is 2. The summed E-state index contributed by atoms with van der Waals surface area (Å²) in [7, 11) is 0. The van der Waals surface area contributed by atoms with Crippen LogP contribution >= 0.6 is 11.8 Å². The Morgan fingerprint density at radius 2 is 1.88 bits per heavy atom. The third-order valence-electron chi connectivity index (χ3n) is 2.33. The lowest BCUT2D eigenvalue weighted by Crippen LogP contribution is -1.99. The normalized spacial score (nSPS) is 10.5. The van der Waals surface area contributed by atoms with Gasteiger partial charge in [0, 0.05) is 17.4 Å². The van der Waals surface area contributed by atoms with Crippen LogP contribution in [0.1, 0.15) is 18.3 Å². The van der Waals surface area contributed by atoms with Gasteiger partial charge in [-0.15, -0.1) is 0 Å². The molecule has 0 aliphatic heterocycles. The van der Waals surface area contributed by atoms with E-state index in [-0.39, 0.29) is 0 Å². The van der Waals surface area contributed by atoms with Crippen molar-refractivity contribution in [3.05, 3.63) is 41.7 Å². The molecule has 4 heteroatoms. The summed E-state index contributed by atoms with van der Waals surface area (Å²) in [5, 5.41) is 0.901. The van der Waals surface area contributed by atoms with Gasteiger partial charge in [0.1, 0.15) is 16.7 Å². The van der Waals surface area contributed by atoms with Crippen LogP contribution in [0.25, 0.3) is 0 Å². The van der Waals surface area contributed by atoms with Crippen molar-refractivity contribution in [2.24, 2.45) is 0 Å². The molecule has 0 fully saturated rings. The lowest BCUT2D eigenvalue weighted by molar-refractivity contribution is 0.894. The quantitative estimate of drug-likeness (QED) is 0.844. The second kappa shape index (κ2) is 5.19. The van der Waals surface area contributed by atoms with E-state index in [9.17, 15) is 0 Å². The Morgan fingerprint density at radius 3 is 2.53 bits per heavy atom. The molecule has 2 aromatic rings. The van der Waals surface area contributed by atoms with E-state index in [0.717, 1.165) is 22.2 Å². The molecule has 0 aliphatic rings. The zero-order chi connectivity index (χ0) is 12.3. The summed E-state index contributed by atoms with van der Waals surface area (Å²) in [5.41, 5.74) is 7.00. The first-order valence-corrected chi connectivity index (χ1v) is 6.37. The zero-order valence-electron chi connectivity index (χ0n) is 9.97. The molecule has 2 rings (SSSR count). The van der Waals surface area contributed by atoms with Gasteiger partial charge in [-0.05, 0) is 19.1 Å². The van der Waals surface area contributed by atoms with Crippen molar-refractivity contribution in [1.29, 1.82) is 0 Å². The number of nitrogens with two attached hydrogens (primary N) is 1. The molecule has 0 spiro atoms. The number of anilines is 1. The maximum atomic E-state index is 5.75. The summed E-state index contributed by atoms with van der Waals surface area (Å²) in [6.45, 7) is 4.10. The van der Waals surface area contributed by atoms with Gasteiger partial charge in [0.25, 0.3) is 0 Å². The predicted octanol–water partition coefficient (Wildman–Crippen LogP) is 3.08. The molecular weight excluding hydrogens is 230 g/mol. The summed E-state index contributed by atoms with van der Waals surface area (Å²) < 4.78 is 0. The number of hydrogen-bond donors (Lipinski definition) is 1. The monoisotopic (exact) mass is 245 g/mol. The molecule has 0 bridgehead atoms. The van der Waals surface area contributed by atoms with E-state index in [0.29, 0.717) is 5.82 Å². The lowest BCUT2D eigenvalue weighted by atomic mass is 10.2. The highest BCUT2D eigenvalue weighted by Gasteiger charge is 2.03. The molecule has 17 heavy (non-hydrogen) atoms. The summed E-state index contributed by atoms with van der Waals surface area (Å²) in [6.07, 6.45) is 0.798. The van der Waals surface area contributed by atoms with E-state index >= 15 is 0 Å². The fraction of sp³-hybridized carbons (Fsp3) is 0.231. The van der Waals surface area contributed by atoms with E-state index < -0.39 is 0 Å². The van der Waals surface area contributed by atoms with Crippen molar-refractivity contribution in [2.45, 2.75) is 30.2 Å². The molecule has 0 saturated heterocycles. The average Bonchev–Trinajstić information content (AvgIpc) is 2.31. The maximum absolute atomic E-state index is 5.75. The van der Waals surface area contributed by atoms with E-state index in [1.807, 2.05) is 13.0 Å². The van der Waals surface area contributed by atoms with E-state index in [1.54, 1.807) is 11.8 Å². The van der Waals surface area contributed by atoms with Crippen molar-refractivity contribution < 1.29 is 0 Å². The largest absolute Gasteiger partial charge is 0.384 e. The van der Waals surface area contributed by atoms with Crippen LogP contribution in [0, 0.1) is 6.92 Å². The molecule has 0 saturated carbocycles. The molecule has 0 aliphatic carbocycles. The molecule has 1 aromatic heterocycles. The Labute approximate surface area is 105 Å². The third-order valence-corrected chi connectivity index (χ3v) is 3.25. The standard InChI is InChI=1S/C13H15N3S/c1-3-12-15-11(14)8-13(16-12)17-10-6-4-9(2)5-7-10/h4-8H,3H2,1-2H3,(H2,14,15,16). The molecule has 3 nitrogen and oxygen atoms in total. The Kier molecular flexibility index (Phi) is 3.64. The van der Waals surface area contributed by atoms with Crippen LogP contribution in [-0.4, -0.2) is 9.97 Å². The predicted molar refractivity (Wildman–Crippen MR) is 71.1 cm³/mol. The van der Waals surface area contributed by atoms with E-state index in [1.165, 1.54) is 5.56 Å². The van der Waals surface area contributed by atoms with Crippen LogP contribution in [0.4, 0.5) is 5.82 Å². The van der Waals surface area contributed by atoms with Gasteiger partial charge < -0.3 is 5.73 Å². The first-order valence-electron chi connectivity index (χ1n) is 5.55. The zero-order valence-corrected chi connectivity index (χ0v) is 10.8. The van der Waals surface area contributed by atoms with Crippen LogP contribution in [0.5, 0.6) is 0 Å². The minimum atomic E-state index is 0.534. The van der Waals surface area contributed by atoms with E-state index in [4.69, 9.17) is 5.73 Å². The van der Waals surface area contributed by atoms with Crippen LogP contribution in [0.15, 0.2) is 40.3 Å². The second-order valence-corrected chi connectivity index (χ2v) is 4.91. The summed E-state index contributed by atoms with van der Waals surface area (Å²) in [6, 6.07) is 10.2. The first-order chi connectivity index (χ1) is 8.17. The number of benzene rings is 1. The minimum absolute atomic E-state index is 0.534. The van der Waals surface area contributed by atoms with Crippen LogP contribution in [-0.2, 0) is 6.42 Å². The van der Waals surface area contributed by atoms with Gasteiger partial charge in [-0.2, -0.15) is 0 Å². The van der Waals surface area contributed by atoms with Crippen molar-refractivity contribution in [3.8, 4) is 0 Å². The lowest BCUT2D eigenvalue weighted by Gasteiger charge is -2.04. The van der Waals surface area contributed by atoms with Gasteiger partial charge in [0.15, 0.2) is 0 Å². The van der Waals surface area contributed by atoms with Gasteiger partial charge >= 0.3 is 0 Å². The molecule has 0 radical (unpaired) electrons. The Morgan fingerprint density at radius 1 is 1.18 bits per heavy atom. The summed E-state index contributed by atoms with van der Waals surface area (Å²) in [4.78, 5) is 9.77. The maximum Gasteiger partial charge on any atom is 0.131 e. The highest BCUT2D eigenvalue weighted by atomic mass is 32.2. The first kappa shape index (κ1) is 11.9. The SMILES string of the molecule is CCc1nc(N)cc(Sc2ccc(C)cc2)n1. The topological polar surface area (TPSA) is 51.8 Å². The van der Waals surface area contributed by atoms with Crippen molar-refractivity contribution in [3.63, 3.8) is 0 Å². The molecule has 1 heterocycles. The number of aromatic nitrogens is 2. The van der Waals surface area contributed by atoms with Crippen LogP contribution in [0.2, 0.25) is 0 Å². The minimum Gasteiger partial charge on any atom is -0.384 e. The van der Waals surface area contributed by atoms with Crippen LogP contribution < -0.4 is 5.73 Å². The van der Waals surface area contributed by atoms with E-state index in [2.05, 4.69) is 41.2 Å². The number of rotatable bonds is 3. The highest BCUT2D eigenvalue weighted by molar-refractivity contribution is 7.99. The molecule has 2 N–H and O–H groups in total. The van der Waals surface area contributed by atoms with Crippen LogP contribution in [0.3, 0.4) is 0 Å². The van der Waals surface area contributed by atoms with Gasteiger partial charge in [0.05, 0.1) is 0 Å². The molecule has 88 valence electrons. The smallest absolute Gasteiger partial charge is 0.131 e. The van der Waals surface area contributed by atoms with Gasteiger partial charge in [-0.3, -0.25) is 0 Å². The molecular formula is C13H15N3S.